The molecule has 0 radical (unpaired) electrons. The molecule has 0 aliphatic heterocycles. The quantitative estimate of drug-likeness (QED) is 0.566. The Labute approximate surface area is 115 Å². The standard InChI is InChI=1S/C14H15N3OS/c1-9-10(6-7-18-9)12(17-15)8-14-16-11-4-2-3-5-13(11)19-14/h2-7,12,17H,8,15H2,1H3. The number of fused-ring (bicyclic) bond motifs is 1. The number of hydrogen-bond acceptors (Lipinski definition) is 5. The molecule has 19 heavy (non-hydrogen) atoms. The van der Waals surface area contributed by atoms with E-state index in [1.54, 1.807) is 17.6 Å². The van der Waals surface area contributed by atoms with Gasteiger partial charge in [0.15, 0.2) is 0 Å². The molecule has 98 valence electrons. The molecule has 0 saturated carbocycles. The molecule has 3 rings (SSSR count). The van der Waals surface area contributed by atoms with Crippen molar-refractivity contribution in [1.82, 2.24) is 10.4 Å². The van der Waals surface area contributed by atoms with E-state index in [2.05, 4.69) is 16.5 Å². The lowest BCUT2D eigenvalue weighted by molar-refractivity contribution is 0.501. The molecule has 0 saturated heterocycles. The highest BCUT2D eigenvalue weighted by Gasteiger charge is 2.17. The highest BCUT2D eigenvalue weighted by atomic mass is 32.1. The predicted octanol–water partition coefficient (Wildman–Crippen LogP) is 2.94. The summed E-state index contributed by atoms with van der Waals surface area (Å²) < 4.78 is 6.54. The minimum Gasteiger partial charge on any atom is -0.469 e. The van der Waals surface area contributed by atoms with Gasteiger partial charge in [-0.2, -0.15) is 0 Å². The number of aromatic nitrogens is 1. The number of thiazole rings is 1. The van der Waals surface area contributed by atoms with Crippen molar-refractivity contribution in [2.24, 2.45) is 5.84 Å². The maximum atomic E-state index is 5.66. The van der Waals surface area contributed by atoms with Gasteiger partial charge in [0.1, 0.15) is 5.76 Å². The Bertz CT molecular complexity index is 656. The summed E-state index contributed by atoms with van der Waals surface area (Å²) in [6.07, 6.45) is 2.45. The van der Waals surface area contributed by atoms with Crippen molar-refractivity contribution in [2.45, 2.75) is 19.4 Å². The zero-order valence-corrected chi connectivity index (χ0v) is 11.4. The maximum Gasteiger partial charge on any atom is 0.105 e. The lowest BCUT2D eigenvalue weighted by atomic mass is 10.1. The van der Waals surface area contributed by atoms with Crippen LogP contribution < -0.4 is 11.3 Å². The Balaban J connectivity index is 1.88. The average molecular weight is 273 g/mol. The van der Waals surface area contributed by atoms with Crippen molar-refractivity contribution in [3.8, 4) is 0 Å². The molecule has 3 aromatic rings. The number of furan rings is 1. The molecule has 1 aromatic carbocycles. The summed E-state index contributed by atoms with van der Waals surface area (Å²) in [5.74, 6) is 6.55. The topological polar surface area (TPSA) is 64.1 Å². The number of nitrogens with two attached hydrogens (primary N) is 1. The van der Waals surface area contributed by atoms with Gasteiger partial charge in [0, 0.05) is 12.0 Å². The second-order valence-electron chi connectivity index (χ2n) is 4.43. The van der Waals surface area contributed by atoms with Crippen LogP contribution in [0.15, 0.2) is 41.0 Å². The number of nitrogens with zero attached hydrogens (tertiary/aromatic N) is 1. The number of aryl methyl sites for hydroxylation is 1. The predicted molar refractivity (Wildman–Crippen MR) is 76.8 cm³/mol. The molecule has 2 heterocycles. The molecule has 2 aromatic heterocycles. The number of para-hydroxylation sites is 1. The Kier molecular flexibility index (Phi) is 3.33. The maximum absolute atomic E-state index is 5.66. The van der Waals surface area contributed by atoms with Crippen LogP contribution in [0.2, 0.25) is 0 Å². The van der Waals surface area contributed by atoms with Crippen LogP contribution in [0.5, 0.6) is 0 Å². The van der Waals surface area contributed by atoms with E-state index in [1.807, 2.05) is 31.2 Å². The SMILES string of the molecule is Cc1occc1C(Cc1nc2ccccc2s1)NN. The molecule has 0 fully saturated rings. The van der Waals surface area contributed by atoms with Gasteiger partial charge in [-0.15, -0.1) is 11.3 Å². The molecule has 0 aliphatic carbocycles. The zero-order valence-electron chi connectivity index (χ0n) is 10.6. The molecule has 0 amide bonds. The zero-order chi connectivity index (χ0) is 13.2. The van der Waals surface area contributed by atoms with E-state index in [9.17, 15) is 0 Å². The van der Waals surface area contributed by atoms with Crippen molar-refractivity contribution in [1.29, 1.82) is 0 Å². The monoisotopic (exact) mass is 273 g/mol. The molecule has 0 aliphatic rings. The molecule has 3 N–H and O–H groups in total. The van der Waals surface area contributed by atoms with E-state index in [0.29, 0.717) is 0 Å². The molecule has 4 nitrogen and oxygen atoms in total. The second-order valence-corrected chi connectivity index (χ2v) is 5.55. The summed E-state index contributed by atoms with van der Waals surface area (Å²) >= 11 is 1.71. The fourth-order valence-corrected chi connectivity index (χ4v) is 3.21. The van der Waals surface area contributed by atoms with Crippen LogP contribution in [0.3, 0.4) is 0 Å². The first-order valence-corrected chi connectivity index (χ1v) is 6.94. The van der Waals surface area contributed by atoms with Crippen molar-refractivity contribution in [2.75, 3.05) is 0 Å². The summed E-state index contributed by atoms with van der Waals surface area (Å²) in [6.45, 7) is 1.94. The second kappa shape index (κ2) is 5.13. The van der Waals surface area contributed by atoms with E-state index in [-0.39, 0.29) is 6.04 Å². The van der Waals surface area contributed by atoms with Gasteiger partial charge in [0.25, 0.3) is 0 Å². The van der Waals surface area contributed by atoms with Crippen molar-refractivity contribution < 1.29 is 4.42 Å². The minimum absolute atomic E-state index is 0.0271. The Morgan fingerprint density at radius 2 is 2.21 bits per heavy atom. The normalized spacial score (nSPS) is 12.9. The van der Waals surface area contributed by atoms with Gasteiger partial charge in [0.05, 0.1) is 27.5 Å². The van der Waals surface area contributed by atoms with Gasteiger partial charge < -0.3 is 4.42 Å². The fraction of sp³-hybridized carbons (Fsp3) is 0.214. The first-order chi connectivity index (χ1) is 9.28. The minimum atomic E-state index is 0.0271. The molecule has 1 unspecified atom stereocenters. The Morgan fingerprint density at radius 3 is 2.89 bits per heavy atom. The number of rotatable bonds is 4. The largest absolute Gasteiger partial charge is 0.469 e. The van der Waals surface area contributed by atoms with Gasteiger partial charge in [-0.3, -0.25) is 11.3 Å². The number of benzene rings is 1. The van der Waals surface area contributed by atoms with Gasteiger partial charge in [0.2, 0.25) is 0 Å². The summed E-state index contributed by atoms with van der Waals surface area (Å²) in [6, 6.07) is 10.1. The summed E-state index contributed by atoms with van der Waals surface area (Å²) in [4.78, 5) is 4.63. The van der Waals surface area contributed by atoms with Crippen LogP contribution >= 0.6 is 11.3 Å². The third-order valence-corrected chi connectivity index (χ3v) is 4.25. The molecule has 0 spiro atoms. The van der Waals surface area contributed by atoms with Crippen LogP contribution in [0.1, 0.15) is 22.4 Å². The van der Waals surface area contributed by atoms with Crippen LogP contribution in [-0.4, -0.2) is 4.98 Å². The van der Waals surface area contributed by atoms with E-state index >= 15 is 0 Å². The first kappa shape index (κ1) is 12.3. The molecular weight excluding hydrogens is 258 g/mol. The first-order valence-electron chi connectivity index (χ1n) is 6.12. The summed E-state index contributed by atoms with van der Waals surface area (Å²) in [5, 5.41) is 1.07. The van der Waals surface area contributed by atoms with Crippen LogP contribution in [0.25, 0.3) is 10.2 Å². The van der Waals surface area contributed by atoms with Crippen LogP contribution in [0.4, 0.5) is 0 Å². The Hall–Kier alpha value is -1.69. The van der Waals surface area contributed by atoms with Gasteiger partial charge in [-0.25, -0.2) is 4.98 Å². The summed E-state index contributed by atoms with van der Waals surface area (Å²) in [5.41, 5.74) is 4.97. The van der Waals surface area contributed by atoms with Crippen LogP contribution in [-0.2, 0) is 6.42 Å². The van der Waals surface area contributed by atoms with E-state index in [0.717, 1.165) is 28.3 Å². The van der Waals surface area contributed by atoms with Gasteiger partial charge in [-0.05, 0) is 25.1 Å². The Morgan fingerprint density at radius 1 is 1.37 bits per heavy atom. The third-order valence-electron chi connectivity index (χ3n) is 3.19. The van der Waals surface area contributed by atoms with Gasteiger partial charge in [-0.1, -0.05) is 12.1 Å². The third kappa shape index (κ3) is 2.40. The van der Waals surface area contributed by atoms with Crippen molar-refractivity contribution in [3.05, 3.63) is 52.9 Å². The highest BCUT2D eigenvalue weighted by molar-refractivity contribution is 7.18. The molecule has 1 atom stereocenters. The fourth-order valence-electron chi connectivity index (χ4n) is 2.20. The number of nitrogens with one attached hydrogen (secondary N) is 1. The smallest absolute Gasteiger partial charge is 0.105 e. The lowest BCUT2D eigenvalue weighted by Crippen LogP contribution is -2.29. The lowest BCUT2D eigenvalue weighted by Gasteiger charge is -2.13. The van der Waals surface area contributed by atoms with Gasteiger partial charge >= 0.3 is 0 Å². The molecular formula is C14H15N3OS. The van der Waals surface area contributed by atoms with Crippen LogP contribution in [0, 0.1) is 6.92 Å². The highest BCUT2D eigenvalue weighted by Crippen LogP contribution is 2.27. The summed E-state index contributed by atoms with van der Waals surface area (Å²) in [7, 11) is 0. The van der Waals surface area contributed by atoms with E-state index in [4.69, 9.17) is 10.3 Å². The number of hydrogen-bond donors (Lipinski definition) is 2. The molecule has 0 bridgehead atoms. The van der Waals surface area contributed by atoms with E-state index in [1.165, 1.54) is 4.70 Å². The number of hydrazine groups is 1. The van der Waals surface area contributed by atoms with Crippen molar-refractivity contribution in [3.63, 3.8) is 0 Å². The van der Waals surface area contributed by atoms with Crippen molar-refractivity contribution >= 4 is 21.6 Å². The average Bonchev–Trinajstić information content (AvgIpc) is 3.01. The van der Waals surface area contributed by atoms with E-state index < -0.39 is 0 Å². The molecule has 5 heteroatoms.